The Kier molecular flexibility index (Phi) is 2.64. The van der Waals surface area contributed by atoms with Crippen molar-refractivity contribution in [3.63, 3.8) is 0 Å². The van der Waals surface area contributed by atoms with Crippen LogP contribution in [0, 0.1) is 0 Å². The Bertz CT molecular complexity index is 285. The van der Waals surface area contributed by atoms with Crippen molar-refractivity contribution < 1.29 is 11.0 Å². The number of rotatable bonds is 4. The summed E-state index contributed by atoms with van der Waals surface area (Å²) in [6.45, 7) is 7.15. The largest absolute Gasteiger partial charge is 0.368 e. The Morgan fingerprint density at radius 1 is 1.57 bits per heavy atom. The van der Waals surface area contributed by atoms with Gasteiger partial charge in [-0.3, -0.25) is 9.59 Å². The maximum Gasteiger partial charge on any atom is 0.247 e. The van der Waals surface area contributed by atoms with E-state index < -0.39 is 11.4 Å². The van der Waals surface area contributed by atoms with E-state index in [1.807, 2.05) is 13.8 Å². The first kappa shape index (κ1) is 10.8. The van der Waals surface area contributed by atoms with Crippen LogP contribution in [0.3, 0.4) is 0 Å². The fourth-order valence-electron chi connectivity index (χ4n) is 1.78. The normalized spacial score (nSPS) is 17.6. The summed E-state index contributed by atoms with van der Waals surface area (Å²) >= 11 is 0. The monoisotopic (exact) mass is 198 g/mol. The van der Waals surface area contributed by atoms with E-state index in [9.17, 15) is 9.59 Å². The molecule has 0 spiro atoms. The molecule has 0 saturated heterocycles. The predicted octanol–water partition coefficient (Wildman–Crippen LogP) is 0.673. The Labute approximate surface area is 85.2 Å². The quantitative estimate of drug-likeness (QED) is 0.675. The maximum atomic E-state index is 11.5. The van der Waals surface area contributed by atoms with Gasteiger partial charge in [-0.15, -0.1) is 0 Å². The summed E-state index contributed by atoms with van der Waals surface area (Å²) < 4.78 is 0. The molecule has 80 valence electrons. The number of carbonyl (C=O) groups excluding carboxylic acids is 2. The van der Waals surface area contributed by atoms with Gasteiger partial charge < -0.3 is 10.6 Å². The molecule has 1 saturated carbocycles. The molecule has 0 aromatic carbocycles. The molecule has 1 aliphatic rings. The standard InChI is InChI=1S/C10H16N2O2.H2/c1-4-8(13)12(7(2)3)10(5-6-10)9(11)14;/h4,7H,1,5-6H2,2-3H3,(H2,11,14);1H. The smallest absolute Gasteiger partial charge is 0.247 e. The molecular formula is C10H18N2O2. The number of nitrogens with two attached hydrogens (primary N) is 1. The minimum Gasteiger partial charge on any atom is -0.368 e. The molecule has 0 unspecified atom stereocenters. The van der Waals surface area contributed by atoms with Gasteiger partial charge in [0.25, 0.3) is 0 Å². The van der Waals surface area contributed by atoms with Gasteiger partial charge in [0, 0.05) is 7.47 Å². The molecule has 14 heavy (non-hydrogen) atoms. The van der Waals surface area contributed by atoms with E-state index in [0.29, 0.717) is 12.8 Å². The molecule has 2 amide bonds. The average Bonchev–Trinajstić information content (AvgIpc) is 2.85. The molecule has 1 rings (SSSR count). The lowest BCUT2D eigenvalue weighted by atomic mass is 10.1. The number of primary amides is 1. The van der Waals surface area contributed by atoms with E-state index in [1.165, 1.54) is 11.0 Å². The molecule has 4 nitrogen and oxygen atoms in total. The van der Waals surface area contributed by atoms with Crippen molar-refractivity contribution in [2.24, 2.45) is 5.73 Å². The Morgan fingerprint density at radius 2 is 2.07 bits per heavy atom. The van der Waals surface area contributed by atoms with Gasteiger partial charge in [0.2, 0.25) is 11.8 Å². The third kappa shape index (κ3) is 1.52. The fourth-order valence-corrected chi connectivity index (χ4v) is 1.78. The van der Waals surface area contributed by atoms with Crippen LogP contribution in [0.4, 0.5) is 0 Å². The highest BCUT2D eigenvalue weighted by Crippen LogP contribution is 2.42. The van der Waals surface area contributed by atoms with Gasteiger partial charge in [-0.25, -0.2) is 0 Å². The van der Waals surface area contributed by atoms with Crippen molar-refractivity contribution in [1.82, 2.24) is 4.90 Å². The van der Waals surface area contributed by atoms with Crippen molar-refractivity contribution in [1.29, 1.82) is 0 Å². The van der Waals surface area contributed by atoms with Crippen LogP contribution in [-0.2, 0) is 9.59 Å². The van der Waals surface area contributed by atoms with Gasteiger partial charge in [-0.05, 0) is 32.8 Å². The summed E-state index contributed by atoms with van der Waals surface area (Å²) in [5.41, 5.74) is 4.56. The SMILES string of the molecule is C=CC(=O)N(C(C)C)C1(C(N)=O)CC1.[HH]. The van der Waals surface area contributed by atoms with E-state index in [0.717, 1.165) is 0 Å². The van der Waals surface area contributed by atoms with Crippen LogP contribution in [0.15, 0.2) is 12.7 Å². The number of amides is 2. The summed E-state index contributed by atoms with van der Waals surface area (Å²) in [7, 11) is 0. The highest BCUT2D eigenvalue weighted by Gasteiger charge is 2.55. The third-order valence-corrected chi connectivity index (χ3v) is 2.57. The topological polar surface area (TPSA) is 63.4 Å². The summed E-state index contributed by atoms with van der Waals surface area (Å²) in [5.74, 6) is -0.641. The van der Waals surface area contributed by atoms with Gasteiger partial charge in [0.1, 0.15) is 5.54 Å². The summed E-state index contributed by atoms with van der Waals surface area (Å²) in [6.07, 6.45) is 2.56. The molecule has 1 fully saturated rings. The zero-order valence-electron chi connectivity index (χ0n) is 8.62. The lowest BCUT2D eigenvalue weighted by molar-refractivity contribution is -0.139. The summed E-state index contributed by atoms with van der Waals surface area (Å²) in [5, 5.41) is 0. The number of hydrogen-bond donors (Lipinski definition) is 1. The van der Waals surface area contributed by atoms with Crippen LogP contribution in [-0.4, -0.2) is 28.3 Å². The minimum atomic E-state index is -0.737. The number of hydrogen-bond acceptors (Lipinski definition) is 2. The van der Waals surface area contributed by atoms with Crippen LogP contribution >= 0.6 is 0 Å². The zero-order chi connectivity index (χ0) is 10.9. The van der Waals surface area contributed by atoms with E-state index in [1.54, 1.807) is 0 Å². The molecule has 0 atom stereocenters. The molecule has 0 bridgehead atoms. The lowest BCUT2D eigenvalue weighted by Crippen LogP contribution is -2.52. The minimum absolute atomic E-state index is 0. The fraction of sp³-hybridized carbons (Fsp3) is 0.600. The molecule has 4 heteroatoms. The van der Waals surface area contributed by atoms with Crippen LogP contribution in [0.5, 0.6) is 0 Å². The Hall–Kier alpha value is -1.32. The van der Waals surface area contributed by atoms with Crippen molar-refractivity contribution >= 4 is 11.8 Å². The predicted molar refractivity (Wildman–Crippen MR) is 55.5 cm³/mol. The second kappa shape index (κ2) is 3.44. The van der Waals surface area contributed by atoms with Crippen LogP contribution in [0.1, 0.15) is 28.1 Å². The lowest BCUT2D eigenvalue weighted by Gasteiger charge is -2.32. The van der Waals surface area contributed by atoms with Crippen molar-refractivity contribution in [2.45, 2.75) is 38.3 Å². The van der Waals surface area contributed by atoms with E-state index in [2.05, 4.69) is 6.58 Å². The molecule has 0 radical (unpaired) electrons. The van der Waals surface area contributed by atoms with Gasteiger partial charge in [-0.2, -0.15) is 0 Å². The first-order valence-corrected chi connectivity index (χ1v) is 4.71. The molecule has 2 N–H and O–H groups in total. The van der Waals surface area contributed by atoms with Gasteiger partial charge >= 0.3 is 0 Å². The highest BCUT2D eigenvalue weighted by molar-refractivity contribution is 5.96. The molecule has 0 aromatic heterocycles. The molecular weight excluding hydrogens is 180 g/mol. The summed E-state index contributed by atoms with van der Waals surface area (Å²) in [4.78, 5) is 24.3. The molecule has 0 heterocycles. The Morgan fingerprint density at radius 3 is 2.29 bits per heavy atom. The zero-order valence-corrected chi connectivity index (χ0v) is 8.62. The average molecular weight is 198 g/mol. The molecule has 1 aliphatic carbocycles. The van der Waals surface area contributed by atoms with E-state index >= 15 is 0 Å². The highest BCUT2D eigenvalue weighted by atomic mass is 16.2. The van der Waals surface area contributed by atoms with E-state index in [-0.39, 0.29) is 13.4 Å². The van der Waals surface area contributed by atoms with Gasteiger partial charge in [0.05, 0.1) is 0 Å². The maximum absolute atomic E-state index is 11.5. The first-order chi connectivity index (χ1) is 6.45. The second-order valence-electron chi connectivity index (χ2n) is 3.90. The van der Waals surface area contributed by atoms with Crippen molar-refractivity contribution in [3.05, 3.63) is 12.7 Å². The van der Waals surface area contributed by atoms with Gasteiger partial charge in [-0.1, -0.05) is 6.58 Å². The van der Waals surface area contributed by atoms with Crippen molar-refractivity contribution in [2.75, 3.05) is 0 Å². The second-order valence-corrected chi connectivity index (χ2v) is 3.90. The Balaban J connectivity index is 0.00000196. The van der Waals surface area contributed by atoms with Crippen LogP contribution < -0.4 is 5.73 Å². The van der Waals surface area contributed by atoms with E-state index in [4.69, 9.17) is 5.73 Å². The van der Waals surface area contributed by atoms with Gasteiger partial charge in [0.15, 0.2) is 0 Å². The summed E-state index contributed by atoms with van der Waals surface area (Å²) in [6, 6.07) is -0.0319. The number of nitrogens with zero attached hydrogens (tertiary/aromatic N) is 1. The molecule has 0 aromatic rings. The van der Waals surface area contributed by atoms with Crippen molar-refractivity contribution in [3.8, 4) is 0 Å². The first-order valence-electron chi connectivity index (χ1n) is 4.71. The van der Waals surface area contributed by atoms with Crippen LogP contribution in [0.25, 0.3) is 0 Å². The molecule has 0 aliphatic heterocycles. The van der Waals surface area contributed by atoms with Crippen LogP contribution in [0.2, 0.25) is 0 Å². The third-order valence-electron chi connectivity index (χ3n) is 2.57. The number of carbonyl (C=O) groups is 2.